The summed E-state index contributed by atoms with van der Waals surface area (Å²) in [6.45, 7) is 0. The summed E-state index contributed by atoms with van der Waals surface area (Å²) in [5, 5.41) is 4.86. The molecule has 11 rings (SSSR count). The number of rotatable bonds is 6. The van der Waals surface area contributed by atoms with Gasteiger partial charge in [-0.1, -0.05) is 176 Å². The molecular formula is C52H33N3S. The van der Waals surface area contributed by atoms with Crippen molar-refractivity contribution < 1.29 is 0 Å². The van der Waals surface area contributed by atoms with Crippen molar-refractivity contribution in [1.82, 2.24) is 14.5 Å². The van der Waals surface area contributed by atoms with E-state index in [1.54, 1.807) is 0 Å². The fourth-order valence-electron chi connectivity index (χ4n) is 8.23. The van der Waals surface area contributed by atoms with E-state index in [9.17, 15) is 0 Å². The third-order valence-corrected chi connectivity index (χ3v) is 12.1. The van der Waals surface area contributed by atoms with E-state index in [2.05, 4.69) is 199 Å². The highest BCUT2D eigenvalue weighted by atomic mass is 32.1. The zero-order valence-electron chi connectivity index (χ0n) is 30.3. The molecule has 0 amide bonds. The van der Waals surface area contributed by atoms with E-state index in [4.69, 9.17) is 9.97 Å². The normalized spacial score (nSPS) is 11.6. The highest BCUT2D eigenvalue weighted by Crippen LogP contribution is 2.45. The summed E-state index contributed by atoms with van der Waals surface area (Å²) < 4.78 is 5.01. The first-order valence-corrected chi connectivity index (χ1v) is 19.7. The predicted molar refractivity (Wildman–Crippen MR) is 236 cm³/mol. The quantitative estimate of drug-likeness (QED) is 0.170. The molecule has 262 valence electrons. The Morgan fingerprint density at radius 1 is 0.357 bits per heavy atom. The Hall–Kier alpha value is -7.14. The first-order chi connectivity index (χ1) is 27.8. The van der Waals surface area contributed by atoms with E-state index >= 15 is 0 Å². The molecule has 3 aromatic heterocycles. The highest BCUT2D eigenvalue weighted by molar-refractivity contribution is 7.26. The van der Waals surface area contributed by atoms with Crippen LogP contribution in [0, 0.1) is 0 Å². The molecule has 8 aromatic carbocycles. The Bertz CT molecular complexity index is 3220. The lowest BCUT2D eigenvalue weighted by atomic mass is 10.0. The molecule has 11 aromatic rings. The van der Waals surface area contributed by atoms with Crippen LogP contribution in [0.4, 0.5) is 0 Å². The maximum Gasteiger partial charge on any atom is 0.161 e. The molecule has 0 aliphatic rings. The molecule has 0 N–H and O–H groups in total. The van der Waals surface area contributed by atoms with E-state index in [-0.39, 0.29) is 0 Å². The van der Waals surface area contributed by atoms with Crippen LogP contribution < -0.4 is 0 Å². The molecule has 0 fully saturated rings. The summed E-state index contributed by atoms with van der Waals surface area (Å²) in [7, 11) is 0. The van der Waals surface area contributed by atoms with Gasteiger partial charge in [0, 0.05) is 42.9 Å². The summed E-state index contributed by atoms with van der Waals surface area (Å²) in [5.41, 5.74) is 13.2. The minimum atomic E-state index is 0.703. The Kier molecular flexibility index (Phi) is 7.68. The minimum Gasteiger partial charge on any atom is -0.308 e. The number of benzene rings is 8. The average Bonchev–Trinajstić information content (AvgIpc) is 3.84. The summed E-state index contributed by atoms with van der Waals surface area (Å²) in [6, 6.07) is 71.2. The van der Waals surface area contributed by atoms with Crippen LogP contribution in [0.1, 0.15) is 0 Å². The molecule has 56 heavy (non-hydrogen) atoms. The van der Waals surface area contributed by atoms with Crippen molar-refractivity contribution in [2.45, 2.75) is 0 Å². The van der Waals surface area contributed by atoms with E-state index < -0.39 is 0 Å². The molecule has 4 heteroatoms. The molecule has 0 aliphatic carbocycles. The molecule has 0 radical (unpaired) electrons. The van der Waals surface area contributed by atoms with E-state index in [1.807, 2.05) is 17.4 Å². The van der Waals surface area contributed by atoms with Gasteiger partial charge in [-0.05, 0) is 46.5 Å². The summed E-state index contributed by atoms with van der Waals surface area (Å²) >= 11 is 1.88. The maximum absolute atomic E-state index is 5.34. The molecule has 0 unspecified atom stereocenters. The fourth-order valence-corrected chi connectivity index (χ4v) is 9.57. The number of aromatic nitrogens is 3. The van der Waals surface area contributed by atoms with Gasteiger partial charge in [-0.2, -0.15) is 0 Å². The van der Waals surface area contributed by atoms with E-state index in [0.29, 0.717) is 5.82 Å². The van der Waals surface area contributed by atoms with Crippen LogP contribution in [0.5, 0.6) is 0 Å². The average molecular weight is 732 g/mol. The van der Waals surface area contributed by atoms with Crippen molar-refractivity contribution in [1.29, 1.82) is 0 Å². The Labute approximate surface area is 328 Å². The number of thiophene rings is 1. The van der Waals surface area contributed by atoms with Gasteiger partial charge in [0.15, 0.2) is 5.82 Å². The second kappa shape index (κ2) is 13.3. The summed E-state index contributed by atoms with van der Waals surface area (Å²) in [6.07, 6.45) is 0. The van der Waals surface area contributed by atoms with Gasteiger partial charge in [0.1, 0.15) is 0 Å². The van der Waals surface area contributed by atoms with Crippen LogP contribution in [0.2, 0.25) is 0 Å². The number of fused-ring (bicyclic) bond motifs is 6. The first kappa shape index (κ1) is 32.3. The molecule has 0 saturated heterocycles. The molecule has 0 spiro atoms. The molecule has 0 atom stereocenters. The smallest absolute Gasteiger partial charge is 0.161 e. The summed E-state index contributed by atoms with van der Waals surface area (Å²) in [4.78, 5) is 10.6. The molecule has 3 heterocycles. The van der Waals surface area contributed by atoms with Gasteiger partial charge in [-0.3, -0.25) is 0 Å². The van der Waals surface area contributed by atoms with Gasteiger partial charge < -0.3 is 4.57 Å². The Morgan fingerprint density at radius 3 is 1.59 bits per heavy atom. The van der Waals surface area contributed by atoms with Crippen LogP contribution in [0.25, 0.3) is 104 Å². The molecular weight excluding hydrogens is 699 g/mol. The fraction of sp³-hybridized carbons (Fsp3) is 0. The largest absolute Gasteiger partial charge is 0.308 e. The van der Waals surface area contributed by atoms with Crippen LogP contribution in [-0.2, 0) is 0 Å². The first-order valence-electron chi connectivity index (χ1n) is 18.9. The Morgan fingerprint density at radius 2 is 0.857 bits per heavy atom. The van der Waals surface area contributed by atoms with Crippen molar-refractivity contribution in [2.75, 3.05) is 0 Å². The Balaban J connectivity index is 1.13. The van der Waals surface area contributed by atoms with Gasteiger partial charge in [0.25, 0.3) is 0 Å². The summed E-state index contributed by atoms with van der Waals surface area (Å²) in [5.74, 6) is 0.703. The maximum atomic E-state index is 5.34. The predicted octanol–water partition coefficient (Wildman–Crippen LogP) is 14.3. The van der Waals surface area contributed by atoms with Gasteiger partial charge >= 0.3 is 0 Å². The van der Waals surface area contributed by atoms with Crippen molar-refractivity contribution in [3.05, 3.63) is 200 Å². The lowest BCUT2D eigenvalue weighted by Gasteiger charge is -2.12. The zero-order valence-corrected chi connectivity index (χ0v) is 31.1. The third kappa shape index (κ3) is 5.34. The van der Waals surface area contributed by atoms with Gasteiger partial charge in [-0.25, -0.2) is 9.97 Å². The van der Waals surface area contributed by atoms with Gasteiger partial charge in [-0.15, -0.1) is 11.3 Å². The molecule has 3 nitrogen and oxygen atoms in total. The van der Waals surface area contributed by atoms with Crippen molar-refractivity contribution in [3.8, 4) is 61.8 Å². The second-order valence-electron chi connectivity index (χ2n) is 14.1. The van der Waals surface area contributed by atoms with E-state index in [1.165, 1.54) is 53.5 Å². The van der Waals surface area contributed by atoms with Crippen molar-refractivity contribution in [3.63, 3.8) is 0 Å². The highest BCUT2D eigenvalue weighted by Gasteiger charge is 2.21. The monoisotopic (exact) mass is 731 g/mol. The number of hydrogen-bond donors (Lipinski definition) is 0. The van der Waals surface area contributed by atoms with Crippen LogP contribution in [-0.4, -0.2) is 14.5 Å². The lowest BCUT2D eigenvalue weighted by Crippen LogP contribution is -1.97. The van der Waals surface area contributed by atoms with Crippen LogP contribution in [0.3, 0.4) is 0 Å². The van der Waals surface area contributed by atoms with Crippen LogP contribution in [0.15, 0.2) is 200 Å². The number of hydrogen-bond acceptors (Lipinski definition) is 3. The van der Waals surface area contributed by atoms with Crippen molar-refractivity contribution >= 4 is 53.3 Å². The SMILES string of the molecule is c1ccc(-c2ccc(-c3cc(-c4ccccc4)nc(-c4cccc5c4c4ccccc4n5-c4cccc5c4sc4c(-c6ccccc6)cccc45)n3)cc2)cc1. The standard InChI is InChI=1S/C52H33N3S/c1-4-15-34(16-5-1)35-29-31-38(32-30-35)45-33-44(37-19-8-3-9-20-37)53-52(54-45)43-25-14-27-47-49(43)42-21-10-11-26-46(42)55(47)48-28-13-24-41-40-23-12-22-39(50(40)56-51(41)48)36-17-6-2-7-18-36/h1-33H. The lowest BCUT2D eigenvalue weighted by molar-refractivity contribution is 1.18. The zero-order chi connectivity index (χ0) is 37.0. The van der Waals surface area contributed by atoms with Crippen LogP contribution >= 0.6 is 11.3 Å². The minimum absolute atomic E-state index is 0.703. The van der Waals surface area contributed by atoms with E-state index in [0.717, 1.165) is 44.5 Å². The third-order valence-electron chi connectivity index (χ3n) is 10.9. The molecule has 0 bridgehead atoms. The van der Waals surface area contributed by atoms with Gasteiger partial charge in [0.05, 0.1) is 32.8 Å². The topological polar surface area (TPSA) is 30.7 Å². The van der Waals surface area contributed by atoms with Crippen molar-refractivity contribution in [2.24, 2.45) is 0 Å². The number of para-hydroxylation sites is 1. The van der Waals surface area contributed by atoms with Gasteiger partial charge in [0.2, 0.25) is 0 Å². The second-order valence-corrected chi connectivity index (χ2v) is 15.1. The molecule has 0 aliphatic heterocycles. The number of nitrogens with zero attached hydrogens (tertiary/aromatic N) is 3. The molecule has 0 saturated carbocycles.